The van der Waals surface area contributed by atoms with E-state index in [1.165, 1.54) is 11.9 Å². The molecule has 0 atom stereocenters. The van der Waals surface area contributed by atoms with Gasteiger partial charge in [0.05, 0.1) is 5.69 Å². The summed E-state index contributed by atoms with van der Waals surface area (Å²) in [5.74, 6) is 1.67. The summed E-state index contributed by atoms with van der Waals surface area (Å²) < 4.78 is 0. The van der Waals surface area contributed by atoms with Crippen LogP contribution in [-0.2, 0) is 12.3 Å². The van der Waals surface area contributed by atoms with Gasteiger partial charge in [-0.25, -0.2) is 9.78 Å². The number of thioether (sulfide) groups is 1. The zero-order valence-corrected chi connectivity index (χ0v) is 14.2. The molecule has 7 nitrogen and oxygen atoms in total. The van der Waals surface area contributed by atoms with Crippen LogP contribution in [0.25, 0.3) is 0 Å². The number of aliphatic imine (C=N–C) groups is 1. The van der Waals surface area contributed by atoms with Crippen LogP contribution in [0.15, 0.2) is 10.4 Å². The molecular weight excluding hydrogens is 308 g/mol. The van der Waals surface area contributed by atoms with Crippen molar-refractivity contribution in [2.45, 2.75) is 12.3 Å². The van der Waals surface area contributed by atoms with E-state index < -0.39 is 6.03 Å². The van der Waals surface area contributed by atoms with Crippen molar-refractivity contribution in [1.82, 2.24) is 14.8 Å². The molecule has 0 fully saturated rings. The molecule has 0 unspecified atom stereocenters. The maximum absolute atomic E-state index is 11.2. The zero-order valence-electron chi connectivity index (χ0n) is 12.6. The highest BCUT2D eigenvalue weighted by molar-refractivity contribution is 7.98. The Kier molecular flexibility index (Phi) is 7.48. The normalized spacial score (nSPS) is 11.9. The Morgan fingerprint density at radius 3 is 2.76 bits per heavy atom. The van der Waals surface area contributed by atoms with Crippen molar-refractivity contribution in [3.05, 3.63) is 16.1 Å². The van der Waals surface area contributed by atoms with Crippen LogP contribution in [0.1, 0.15) is 10.7 Å². The van der Waals surface area contributed by atoms with Gasteiger partial charge in [-0.05, 0) is 14.1 Å². The molecule has 4 N–H and O–H groups in total. The van der Waals surface area contributed by atoms with E-state index in [1.54, 1.807) is 23.1 Å². The second-order valence-corrected chi connectivity index (χ2v) is 6.64. The van der Waals surface area contributed by atoms with Gasteiger partial charge in [-0.1, -0.05) is 0 Å². The summed E-state index contributed by atoms with van der Waals surface area (Å²) in [6.45, 7) is 1.30. The lowest BCUT2D eigenvalue weighted by Gasteiger charge is -2.18. The molecule has 0 aromatic carbocycles. The number of carbonyl (C=O) groups is 1. The Bertz CT molecular complexity index is 488. The lowest BCUT2D eigenvalue weighted by molar-refractivity contribution is 0.231. The van der Waals surface area contributed by atoms with Crippen LogP contribution in [0.2, 0.25) is 0 Å². The van der Waals surface area contributed by atoms with Crippen molar-refractivity contribution in [2.24, 2.45) is 16.5 Å². The van der Waals surface area contributed by atoms with Crippen LogP contribution >= 0.6 is 23.1 Å². The molecule has 1 rings (SSSR count). The largest absolute Gasteiger partial charge is 0.369 e. The van der Waals surface area contributed by atoms with Crippen LogP contribution in [-0.4, -0.2) is 60.2 Å². The predicted molar refractivity (Wildman–Crippen MR) is 89.5 cm³/mol. The first kappa shape index (κ1) is 17.7. The van der Waals surface area contributed by atoms with Crippen LogP contribution in [0.5, 0.6) is 0 Å². The van der Waals surface area contributed by atoms with Gasteiger partial charge in [-0.2, -0.15) is 11.8 Å². The summed E-state index contributed by atoms with van der Waals surface area (Å²) in [7, 11) is 5.57. The van der Waals surface area contributed by atoms with Crippen molar-refractivity contribution >= 4 is 35.1 Å². The molecule has 0 saturated heterocycles. The van der Waals surface area contributed by atoms with E-state index in [-0.39, 0.29) is 5.96 Å². The Morgan fingerprint density at radius 1 is 1.48 bits per heavy atom. The minimum absolute atomic E-state index is 0.144. The number of nitrogens with zero attached hydrogens (tertiary/aromatic N) is 4. The quantitative estimate of drug-likeness (QED) is 0.437. The molecule has 1 aromatic rings. The molecule has 9 heteroatoms. The van der Waals surface area contributed by atoms with E-state index in [2.05, 4.69) is 20.3 Å². The van der Waals surface area contributed by atoms with E-state index in [0.29, 0.717) is 6.54 Å². The first-order valence-corrected chi connectivity index (χ1v) is 8.42. The standard InChI is InChI=1S/C12H22N6OS2/c1-15-11(13)18(12(14)19)4-5-20-7-9-8-21-10(16-9)6-17(2)3/h8H,4-7H2,1-3H3,(H2,13,15)(H2,14,19). The fourth-order valence-electron chi connectivity index (χ4n) is 1.55. The Hall–Kier alpha value is -1.32. The molecule has 0 aliphatic carbocycles. The van der Waals surface area contributed by atoms with E-state index in [9.17, 15) is 4.79 Å². The summed E-state index contributed by atoms with van der Waals surface area (Å²) >= 11 is 3.35. The van der Waals surface area contributed by atoms with Crippen molar-refractivity contribution < 1.29 is 4.79 Å². The Balaban J connectivity index is 2.36. The highest BCUT2D eigenvalue weighted by Gasteiger charge is 2.13. The van der Waals surface area contributed by atoms with Gasteiger partial charge in [0.2, 0.25) is 0 Å². The Morgan fingerprint density at radius 2 is 2.19 bits per heavy atom. The number of guanidine groups is 1. The third-order valence-electron chi connectivity index (χ3n) is 2.53. The molecule has 0 aliphatic rings. The first-order valence-electron chi connectivity index (χ1n) is 6.39. The second kappa shape index (κ2) is 8.85. The van der Waals surface area contributed by atoms with Crippen molar-refractivity contribution in [1.29, 1.82) is 0 Å². The minimum Gasteiger partial charge on any atom is -0.369 e. The average molecular weight is 330 g/mol. The van der Waals surface area contributed by atoms with E-state index in [1.807, 2.05) is 14.1 Å². The predicted octanol–water partition coefficient (Wildman–Crippen LogP) is 0.763. The van der Waals surface area contributed by atoms with E-state index in [4.69, 9.17) is 11.5 Å². The monoisotopic (exact) mass is 330 g/mol. The van der Waals surface area contributed by atoms with Gasteiger partial charge < -0.3 is 16.4 Å². The third-order valence-corrected chi connectivity index (χ3v) is 4.39. The van der Waals surface area contributed by atoms with Crippen molar-refractivity contribution in [2.75, 3.05) is 33.4 Å². The zero-order chi connectivity index (χ0) is 15.8. The number of amides is 2. The number of rotatable bonds is 7. The van der Waals surface area contributed by atoms with Crippen molar-refractivity contribution in [3.63, 3.8) is 0 Å². The number of carbonyl (C=O) groups excluding carboxylic acids is 1. The van der Waals surface area contributed by atoms with Gasteiger partial charge >= 0.3 is 6.03 Å². The molecular formula is C12H22N6OS2. The molecule has 0 bridgehead atoms. The summed E-state index contributed by atoms with van der Waals surface area (Å²) in [6.07, 6.45) is 0. The molecule has 21 heavy (non-hydrogen) atoms. The molecule has 1 heterocycles. The molecule has 0 saturated carbocycles. The molecule has 0 spiro atoms. The average Bonchev–Trinajstić information content (AvgIpc) is 2.84. The number of primary amides is 1. The lowest BCUT2D eigenvalue weighted by Crippen LogP contribution is -2.46. The molecule has 0 radical (unpaired) electrons. The number of urea groups is 1. The fourth-order valence-corrected chi connectivity index (χ4v) is 3.38. The second-order valence-electron chi connectivity index (χ2n) is 4.59. The van der Waals surface area contributed by atoms with Gasteiger partial charge in [-0.15, -0.1) is 11.3 Å². The topological polar surface area (TPSA) is 101 Å². The fraction of sp³-hybridized carbons (Fsp3) is 0.583. The number of aromatic nitrogens is 1. The minimum atomic E-state index is -0.583. The molecule has 0 aliphatic heterocycles. The maximum atomic E-state index is 11.2. The van der Waals surface area contributed by atoms with Gasteiger partial charge in [0.15, 0.2) is 5.96 Å². The van der Waals surface area contributed by atoms with Crippen LogP contribution in [0.4, 0.5) is 4.79 Å². The van der Waals surface area contributed by atoms with Crippen LogP contribution < -0.4 is 11.5 Å². The van der Waals surface area contributed by atoms with Gasteiger partial charge in [0.1, 0.15) is 5.01 Å². The summed E-state index contributed by atoms with van der Waals surface area (Å²) in [5, 5.41) is 3.18. The summed E-state index contributed by atoms with van der Waals surface area (Å²) in [5.41, 5.74) is 11.9. The SMILES string of the molecule is CN=C(N)N(CCSCc1csc(CN(C)C)n1)C(N)=O. The molecule has 118 valence electrons. The highest BCUT2D eigenvalue weighted by atomic mass is 32.2. The van der Waals surface area contributed by atoms with Gasteiger partial charge in [-0.3, -0.25) is 9.89 Å². The number of hydrogen-bond donors (Lipinski definition) is 2. The number of thiazole rings is 1. The lowest BCUT2D eigenvalue weighted by atomic mass is 10.5. The third kappa shape index (κ3) is 6.32. The van der Waals surface area contributed by atoms with E-state index >= 15 is 0 Å². The van der Waals surface area contributed by atoms with E-state index in [0.717, 1.165) is 28.8 Å². The van der Waals surface area contributed by atoms with Gasteiger partial charge in [0, 0.05) is 37.0 Å². The summed E-state index contributed by atoms with van der Waals surface area (Å²) in [4.78, 5) is 22.9. The highest BCUT2D eigenvalue weighted by Crippen LogP contribution is 2.16. The summed E-state index contributed by atoms with van der Waals surface area (Å²) in [6, 6.07) is -0.583. The molecule has 2 amide bonds. The van der Waals surface area contributed by atoms with Crippen LogP contribution in [0, 0.1) is 0 Å². The number of hydrogen-bond acceptors (Lipinski definition) is 6. The maximum Gasteiger partial charge on any atom is 0.321 e. The van der Waals surface area contributed by atoms with Gasteiger partial charge in [0.25, 0.3) is 0 Å². The molecule has 1 aromatic heterocycles. The Labute approximate surface area is 133 Å². The van der Waals surface area contributed by atoms with Crippen LogP contribution in [0.3, 0.4) is 0 Å². The first-order chi connectivity index (χ1) is 9.93. The smallest absolute Gasteiger partial charge is 0.321 e. The van der Waals surface area contributed by atoms with Crippen molar-refractivity contribution in [3.8, 4) is 0 Å². The number of nitrogens with two attached hydrogens (primary N) is 2.